The van der Waals surface area contributed by atoms with Crippen LogP contribution in [0, 0.1) is 17.6 Å². The van der Waals surface area contributed by atoms with Crippen LogP contribution in [0.5, 0.6) is 0 Å². The van der Waals surface area contributed by atoms with Gasteiger partial charge in [0.15, 0.2) is 5.82 Å². The fourth-order valence-corrected chi connectivity index (χ4v) is 3.16. The molecule has 0 amide bonds. The Morgan fingerprint density at radius 2 is 1.90 bits per heavy atom. The molecule has 1 aromatic carbocycles. The minimum Gasteiger partial charge on any atom is -0.391 e. The summed E-state index contributed by atoms with van der Waals surface area (Å²) in [6.45, 7) is 4.56. The zero-order valence-corrected chi connectivity index (χ0v) is 12.5. The van der Waals surface area contributed by atoms with Gasteiger partial charge >= 0.3 is 0 Å². The number of aliphatic hydroxyl groups excluding tert-OH is 1. The number of sulfonamides is 1. The molecule has 20 heavy (non-hydrogen) atoms. The van der Waals surface area contributed by atoms with E-state index in [2.05, 4.69) is 4.72 Å². The third kappa shape index (κ3) is 3.53. The molecule has 7 heteroatoms. The average molecular weight is 307 g/mol. The maximum absolute atomic E-state index is 13.9. The van der Waals surface area contributed by atoms with Gasteiger partial charge in [-0.3, -0.25) is 0 Å². The van der Waals surface area contributed by atoms with Gasteiger partial charge in [-0.05, 0) is 25.0 Å². The second kappa shape index (κ2) is 6.60. The minimum absolute atomic E-state index is 0.0746. The van der Waals surface area contributed by atoms with Gasteiger partial charge in [0.25, 0.3) is 0 Å². The molecule has 2 N–H and O–H groups in total. The summed E-state index contributed by atoms with van der Waals surface area (Å²) in [6, 6.07) is 1.30. The second-order valence-corrected chi connectivity index (χ2v) is 6.47. The fraction of sp³-hybridized carbons (Fsp3) is 0.538. The molecule has 0 aliphatic carbocycles. The summed E-state index contributed by atoms with van der Waals surface area (Å²) in [4.78, 5) is -0.655. The summed E-state index contributed by atoms with van der Waals surface area (Å²) in [6.07, 6.45) is 0.761. The van der Waals surface area contributed by atoms with Gasteiger partial charge in [0, 0.05) is 6.04 Å². The molecule has 1 aromatic rings. The van der Waals surface area contributed by atoms with Crippen molar-refractivity contribution in [1.29, 1.82) is 0 Å². The summed E-state index contributed by atoms with van der Waals surface area (Å²) < 4.78 is 53.8. The first-order valence-electron chi connectivity index (χ1n) is 6.34. The molecule has 2 unspecified atom stereocenters. The molecule has 0 bridgehead atoms. The molecule has 0 saturated carbocycles. The van der Waals surface area contributed by atoms with Crippen LogP contribution in [0.15, 0.2) is 17.0 Å². The van der Waals surface area contributed by atoms with Crippen molar-refractivity contribution >= 4 is 10.0 Å². The zero-order valence-electron chi connectivity index (χ0n) is 11.7. The third-order valence-corrected chi connectivity index (χ3v) is 5.01. The van der Waals surface area contributed by atoms with E-state index >= 15 is 0 Å². The Hall–Kier alpha value is -1.05. The molecule has 114 valence electrons. The highest BCUT2D eigenvalue weighted by Crippen LogP contribution is 2.22. The lowest BCUT2D eigenvalue weighted by molar-refractivity contribution is 0.267. The largest absolute Gasteiger partial charge is 0.391 e. The topological polar surface area (TPSA) is 66.4 Å². The molecule has 2 atom stereocenters. The van der Waals surface area contributed by atoms with Gasteiger partial charge in [0.05, 0.1) is 12.2 Å². The van der Waals surface area contributed by atoms with Gasteiger partial charge in [-0.25, -0.2) is 21.9 Å². The number of aliphatic hydroxyl groups is 1. The van der Waals surface area contributed by atoms with Gasteiger partial charge < -0.3 is 5.11 Å². The Kier molecular flexibility index (Phi) is 5.61. The van der Waals surface area contributed by atoms with Crippen LogP contribution in [-0.2, 0) is 16.6 Å². The van der Waals surface area contributed by atoms with Gasteiger partial charge in [0.2, 0.25) is 10.0 Å². The molecule has 0 aromatic heterocycles. The van der Waals surface area contributed by atoms with Crippen molar-refractivity contribution in [2.45, 2.75) is 44.7 Å². The third-order valence-electron chi connectivity index (χ3n) is 3.44. The first-order valence-corrected chi connectivity index (χ1v) is 7.83. The van der Waals surface area contributed by atoms with E-state index in [1.165, 1.54) is 0 Å². The summed E-state index contributed by atoms with van der Waals surface area (Å²) in [7, 11) is -4.10. The van der Waals surface area contributed by atoms with Crippen LogP contribution in [0.1, 0.15) is 32.8 Å². The first kappa shape index (κ1) is 17.0. The lowest BCUT2D eigenvalue weighted by Crippen LogP contribution is -2.37. The second-order valence-electron chi connectivity index (χ2n) is 4.79. The predicted octanol–water partition coefficient (Wildman–Crippen LogP) is 2.17. The van der Waals surface area contributed by atoms with Crippen LogP contribution >= 0.6 is 0 Å². The molecule has 0 heterocycles. The van der Waals surface area contributed by atoms with Crippen LogP contribution in [-0.4, -0.2) is 19.6 Å². The number of nitrogens with one attached hydrogen (secondary N) is 1. The molecule has 1 rings (SSSR count). The Morgan fingerprint density at radius 3 is 2.40 bits per heavy atom. The molecule has 0 saturated heterocycles. The lowest BCUT2D eigenvalue weighted by atomic mass is 10.0. The first-order chi connectivity index (χ1) is 9.24. The Morgan fingerprint density at radius 1 is 1.30 bits per heavy atom. The van der Waals surface area contributed by atoms with Gasteiger partial charge in [-0.2, -0.15) is 0 Å². The van der Waals surface area contributed by atoms with Crippen LogP contribution in [0.25, 0.3) is 0 Å². The van der Waals surface area contributed by atoms with E-state index in [-0.39, 0.29) is 12.0 Å². The smallest absolute Gasteiger partial charge is 0.243 e. The molecule has 0 spiro atoms. The monoisotopic (exact) mass is 307 g/mol. The number of benzene rings is 1. The van der Waals surface area contributed by atoms with Crippen molar-refractivity contribution in [1.82, 2.24) is 4.72 Å². The van der Waals surface area contributed by atoms with E-state index in [1.807, 2.05) is 13.8 Å². The SMILES string of the molecule is CCC(C)C(C)NS(=O)(=O)c1ccc(F)c(CO)c1F. The molecule has 0 radical (unpaired) electrons. The molecule has 0 aliphatic heterocycles. The summed E-state index contributed by atoms with van der Waals surface area (Å²) in [5.41, 5.74) is -0.649. The number of rotatable bonds is 6. The van der Waals surface area contributed by atoms with Gasteiger partial charge in [-0.1, -0.05) is 20.3 Å². The van der Waals surface area contributed by atoms with Crippen molar-refractivity contribution in [3.05, 3.63) is 29.3 Å². The molecular weight excluding hydrogens is 288 g/mol. The van der Waals surface area contributed by atoms with Crippen molar-refractivity contribution in [3.8, 4) is 0 Å². The Balaban J connectivity index is 3.17. The molecule has 0 aliphatic rings. The lowest BCUT2D eigenvalue weighted by Gasteiger charge is -2.20. The van der Waals surface area contributed by atoms with Crippen molar-refractivity contribution < 1.29 is 22.3 Å². The van der Waals surface area contributed by atoms with Gasteiger partial charge in [-0.15, -0.1) is 0 Å². The maximum atomic E-state index is 13.9. The highest BCUT2D eigenvalue weighted by molar-refractivity contribution is 7.89. The normalized spacial score (nSPS) is 15.1. The average Bonchev–Trinajstić information content (AvgIpc) is 2.37. The van der Waals surface area contributed by atoms with E-state index in [4.69, 9.17) is 5.11 Å². The number of hydrogen-bond donors (Lipinski definition) is 2. The van der Waals surface area contributed by atoms with E-state index in [1.54, 1.807) is 6.92 Å². The van der Waals surface area contributed by atoms with Crippen LogP contribution in [0.2, 0.25) is 0 Å². The summed E-state index contributed by atoms with van der Waals surface area (Å²) in [5.74, 6) is -2.15. The standard InChI is InChI=1S/C13H19F2NO3S/c1-4-8(2)9(3)16-20(18,19)12-6-5-11(14)10(7-17)13(12)15/h5-6,8-9,16-17H,4,7H2,1-3H3. The predicted molar refractivity (Wildman–Crippen MR) is 71.5 cm³/mol. The molecule has 0 fully saturated rings. The quantitative estimate of drug-likeness (QED) is 0.846. The molecular formula is C13H19F2NO3S. The Labute approximate surface area is 117 Å². The molecule has 4 nitrogen and oxygen atoms in total. The number of halogens is 2. The van der Waals surface area contributed by atoms with Crippen LogP contribution in [0.4, 0.5) is 8.78 Å². The van der Waals surface area contributed by atoms with Crippen LogP contribution in [0.3, 0.4) is 0 Å². The fourth-order valence-electron chi connectivity index (χ4n) is 1.71. The number of hydrogen-bond acceptors (Lipinski definition) is 3. The highest BCUT2D eigenvalue weighted by Gasteiger charge is 2.26. The minimum atomic E-state index is -4.10. The Bertz CT molecular complexity index is 575. The van der Waals surface area contributed by atoms with Crippen LogP contribution < -0.4 is 4.72 Å². The van der Waals surface area contributed by atoms with Gasteiger partial charge in [0.1, 0.15) is 10.7 Å². The van der Waals surface area contributed by atoms with E-state index < -0.39 is 38.7 Å². The van der Waals surface area contributed by atoms with Crippen molar-refractivity contribution in [2.75, 3.05) is 0 Å². The summed E-state index contributed by atoms with van der Waals surface area (Å²) in [5, 5.41) is 8.90. The van der Waals surface area contributed by atoms with E-state index in [9.17, 15) is 17.2 Å². The van der Waals surface area contributed by atoms with Crippen molar-refractivity contribution in [2.24, 2.45) is 5.92 Å². The maximum Gasteiger partial charge on any atom is 0.243 e. The zero-order chi connectivity index (χ0) is 15.5. The van der Waals surface area contributed by atoms with Crippen molar-refractivity contribution in [3.63, 3.8) is 0 Å². The van der Waals surface area contributed by atoms with E-state index in [0.29, 0.717) is 0 Å². The summed E-state index contributed by atoms with van der Waals surface area (Å²) >= 11 is 0. The van der Waals surface area contributed by atoms with E-state index in [0.717, 1.165) is 18.6 Å². The highest BCUT2D eigenvalue weighted by atomic mass is 32.2.